The van der Waals surface area contributed by atoms with Gasteiger partial charge in [-0.15, -0.1) is 0 Å². The molecule has 2 aromatic carbocycles. The van der Waals surface area contributed by atoms with Crippen LogP contribution in [0.1, 0.15) is 47.9 Å². The SMILES string of the molecule is O=C(O)c1cc(-c2ccc(Oc3cnc(NC(=O)C(OC4CCOCC4)c4ccc(S(=O)(=O)C5CC5)cc4)s3)cc2)no1. The predicted molar refractivity (Wildman–Crippen MR) is 154 cm³/mol. The van der Waals surface area contributed by atoms with E-state index in [1.165, 1.54) is 24.4 Å². The van der Waals surface area contributed by atoms with Gasteiger partial charge < -0.3 is 23.8 Å². The lowest BCUT2D eigenvalue weighted by atomic mass is 10.1. The van der Waals surface area contributed by atoms with E-state index >= 15 is 0 Å². The van der Waals surface area contributed by atoms with Crippen LogP contribution in [0.2, 0.25) is 0 Å². The van der Waals surface area contributed by atoms with E-state index in [4.69, 9.17) is 23.8 Å². The number of carbonyl (C=O) groups excluding carboxylic acids is 1. The first-order valence-corrected chi connectivity index (χ1v) is 15.9. The summed E-state index contributed by atoms with van der Waals surface area (Å²) in [6, 6.07) is 14.4. The number of nitrogens with zero attached hydrogens (tertiary/aromatic N) is 2. The van der Waals surface area contributed by atoms with Gasteiger partial charge in [0.15, 0.2) is 21.1 Å². The van der Waals surface area contributed by atoms with Crippen molar-refractivity contribution in [1.82, 2.24) is 10.1 Å². The number of carboxylic acid groups (broad SMARTS) is 1. The molecule has 2 aliphatic rings. The van der Waals surface area contributed by atoms with Gasteiger partial charge in [0, 0.05) is 24.8 Å². The summed E-state index contributed by atoms with van der Waals surface area (Å²) in [5, 5.41) is 16.0. The number of nitrogens with one attached hydrogen (secondary N) is 1. The fourth-order valence-corrected chi connectivity index (χ4v) is 6.90. The van der Waals surface area contributed by atoms with Gasteiger partial charge >= 0.3 is 5.97 Å². The Kier molecular flexibility index (Phi) is 8.25. The Balaban J connectivity index is 1.13. The molecule has 43 heavy (non-hydrogen) atoms. The molecule has 1 aliphatic carbocycles. The third-order valence-electron chi connectivity index (χ3n) is 7.01. The van der Waals surface area contributed by atoms with Crippen LogP contribution in [-0.4, -0.2) is 60.1 Å². The van der Waals surface area contributed by atoms with Crippen molar-refractivity contribution in [2.45, 2.75) is 48.0 Å². The quantitative estimate of drug-likeness (QED) is 0.228. The summed E-state index contributed by atoms with van der Waals surface area (Å²) in [5.74, 6) is -1.41. The second-order valence-electron chi connectivity index (χ2n) is 10.1. The number of benzene rings is 2. The van der Waals surface area contributed by atoms with Gasteiger partial charge in [-0.25, -0.2) is 18.2 Å². The van der Waals surface area contributed by atoms with Crippen molar-refractivity contribution in [1.29, 1.82) is 0 Å². The van der Waals surface area contributed by atoms with Crippen LogP contribution in [-0.2, 0) is 24.1 Å². The number of amides is 1. The molecule has 1 unspecified atom stereocenters. The average Bonchev–Trinajstić information content (AvgIpc) is 3.61. The van der Waals surface area contributed by atoms with E-state index in [9.17, 15) is 18.0 Å². The zero-order valence-corrected chi connectivity index (χ0v) is 24.3. The highest BCUT2D eigenvalue weighted by atomic mass is 32.2. The van der Waals surface area contributed by atoms with E-state index < -0.39 is 27.8 Å². The third-order valence-corrected chi connectivity index (χ3v) is 10.1. The van der Waals surface area contributed by atoms with Gasteiger partial charge in [0.05, 0.1) is 22.4 Å². The Morgan fingerprint density at radius 2 is 1.74 bits per heavy atom. The minimum atomic E-state index is -3.35. The number of sulfone groups is 1. The maximum Gasteiger partial charge on any atom is 0.374 e. The number of ether oxygens (including phenoxy) is 3. The third kappa shape index (κ3) is 6.77. The summed E-state index contributed by atoms with van der Waals surface area (Å²) in [6.07, 6.45) is 2.93. The molecule has 0 bridgehead atoms. The van der Waals surface area contributed by atoms with Crippen molar-refractivity contribution >= 4 is 38.2 Å². The number of hydrogen-bond donors (Lipinski definition) is 2. The van der Waals surface area contributed by atoms with Crippen molar-refractivity contribution in [3.63, 3.8) is 0 Å². The van der Waals surface area contributed by atoms with E-state index in [1.54, 1.807) is 36.4 Å². The number of rotatable bonds is 11. The Labute approximate surface area is 250 Å². The Morgan fingerprint density at radius 3 is 2.40 bits per heavy atom. The maximum absolute atomic E-state index is 13.5. The summed E-state index contributed by atoms with van der Waals surface area (Å²) in [4.78, 5) is 29.0. The van der Waals surface area contributed by atoms with Gasteiger partial charge in [0.2, 0.25) is 10.8 Å². The summed E-state index contributed by atoms with van der Waals surface area (Å²) in [6.45, 7) is 1.07. The van der Waals surface area contributed by atoms with Crippen LogP contribution in [0.3, 0.4) is 0 Å². The molecule has 0 radical (unpaired) electrons. The van der Waals surface area contributed by atoms with Crippen molar-refractivity contribution in [2.75, 3.05) is 18.5 Å². The Hall–Kier alpha value is -4.11. The van der Waals surface area contributed by atoms with Crippen LogP contribution in [0.5, 0.6) is 10.8 Å². The molecule has 2 aromatic heterocycles. The number of thiazole rings is 1. The maximum atomic E-state index is 13.5. The highest BCUT2D eigenvalue weighted by Crippen LogP contribution is 2.35. The first-order valence-electron chi connectivity index (χ1n) is 13.6. The van der Waals surface area contributed by atoms with Gasteiger partial charge in [-0.3, -0.25) is 10.1 Å². The largest absolute Gasteiger partial charge is 0.475 e. The van der Waals surface area contributed by atoms with Crippen LogP contribution < -0.4 is 10.1 Å². The molecule has 4 aromatic rings. The van der Waals surface area contributed by atoms with Crippen LogP contribution in [0.4, 0.5) is 5.13 Å². The van der Waals surface area contributed by atoms with Gasteiger partial charge in [0.25, 0.3) is 5.91 Å². The van der Waals surface area contributed by atoms with Gasteiger partial charge in [0.1, 0.15) is 11.4 Å². The molecule has 0 spiro atoms. The molecule has 14 heteroatoms. The van der Waals surface area contributed by atoms with Crippen LogP contribution in [0.25, 0.3) is 11.3 Å². The molecule has 12 nitrogen and oxygen atoms in total. The highest BCUT2D eigenvalue weighted by Gasteiger charge is 2.37. The lowest BCUT2D eigenvalue weighted by Gasteiger charge is -2.27. The van der Waals surface area contributed by atoms with E-state index in [-0.39, 0.29) is 22.0 Å². The molecule has 3 heterocycles. The number of anilines is 1. The molecule has 224 valence electrons. The highest BCUT2D eigenvalue weighted by molar-refractivity contribution is 7.92. The summed E-state index contributed by atoms with van der Waals surface area (Å²) < 4.78 is 47.6. The van der Waals surface area contributed by atoms with E-state index in [0.29, 0.717) is 71.7 Å². The number of carboxylic acids is 1. The van der Waals surface area contributed by atoms with Crippen molar-refractivity contribution in [2.24, 2.45) is 0 Å². The number of aromatic nitrogens is 2. The lowest BCUT2D eigenvalue weighted by Crippen LogP contribution is -2.31. The molecule has 1 saturated carbocycles. The van der Waals surface area contributed by atoms with Crippen LogP contribution >= 0.6 is 11.3 Å². The molecule has 2 N–H and O–H groups in total. The first-order chi connectivity index (χ1) is 20.8. The summed E-state index contributed by atoms with van der Waals surface area (Å²) >= 11 is 1.13. The smallest absolute Gasteiger partial charge is 0.374 e. The zero-order valence-electron chi connectivity index (χ0n) is 22.7. The molecular weight excluding hydrogens is 598 g/mol. The number of aromatic carboxylic acids is 1. The van der Waals surface area contributed by atoms with E-state index in [1.807, 2.05) is 0 Å². The summed E-state index contributed by atoms with van der Waals surface area (Å²) in [5.41, 5.74) is 1.56. The predicted octanol–water partition coefficient (Wildman–Crippen LogP) is 5.10. The summed E-state index contributed by atoms with van der Waals surface area (Å²) in [7, 11) is -3.35. The fraction of sp³-hybridized carbons (Fsp3) is 0.310. The first kappa shape index (κ1) is 29.0. The molecule has 1 amide bonds. The Bertz CT molecular complexity index is 1710. The zero-order chi connectivity index (χ0) is 30.0. The second-order valence-corrected chi connectivity index (χ2v) is 13.3. The van der Waals surface area contributed by atoms with E-state index in [2.05, 4.69) is 15.5 Å². The molecular formula is C29H27N3O9S2. The monoisotopic (exact) mass is 625 g/mol. The molecule has 1 saturated heterocycles. The minimum Gasteiger partial charge on any atom is -0.475 e. The fourth-order valence-electron chi connectivity index (χ4n) is 4.56. The normalized spacial score (nSPS) is 16.5. The minimum absolute atomic E-state index is 0.189. The molecule has 1 atom stereocenters. The second kappa shape index (κ2) is 12.2. The molecule has 6 rings (SSSR count). The van der Waals surface area contributed by atoms with Gasteiger partial charge in [-0.2, -0.15) is 0 Å². The van der Waals surface area contributed by atoms with Crippen LogP contribution in [0, 0.1) is 0 Å². The Morgan fingerprint density at radius 1 is 1.02 bits per heavy atom. The molecule has 1 aliphatic heterocycles. The number of carbonyl (C=O) groups is 2. The van der Waals surface area contributed by atoms with Crippen molar-refractivity contribution in [3.05, 3.63) is 72.1 Å². The van der Waals surface area contributed by atoms with Crippen molar-refractivity contribution in [3.8, 4) is 22.1 Å². The van der Waals surface area contributed by atoms with Gasteiger partial charge in [-0.05, 0) is 67.6 Å². The van der Waals surface area contributed by atoms with Crippen molar-refractivity contribution < 1.29 is 41.8 Å². The number of hydrogen-bond acceptors (Lipinski definition) is 11. The standard InChI is InChI=1S/C29H27N3O9S2/c33-27(26(40-20-11-13-38-14-12-20)18-3-7-21(8-4-18)43(36,37)22-9-10-22)31-29-30-16-25(42-29)39-19-5-1-17(2-6-19)23-15-24(28(34)35)41-32-23/h1-8,15-16,20,22,26H,9-14H2,(H,34,35)(H,30,31,33). The van der Waals surface area contributed by atoms with Crippen LogP contribution in [0.15, 0.2) is 70.2 Å². The average molecular weight is 626 g/mol. The molecule has 2 fully saturated rings. The van der Waals surface area contributed by atoms with E-state index in [0.717, 1.165) is 11.3 Å². The topological polar surface area (TPSA) is 167 Å². The lowest BCUT2D eigenvalue weighted by molar-refractivity contribution is -0.136. The van der Waals surface area contributed by atoms with Gasteiger partial charge in [-0.1, -0.05) is 28.6 Å².